The van der Waals surface area contributed by atoms with Crippen LogP contribution in [0.5, 0.6) is 23.0 Å². The fourth-order valence-corrected chi connectivity index (χ4v) is 7.65. The highest BCUT2D eigenvalue weighted by Gasteiger charge is 2.16. The number of hydrogen-bond donors (Lipinski definition) is 1. The van der Waals surface area contributed by atoms with Gasteiger partial charge in [0.2, 0.25) is 0 Å². The summed E-state index contributed by atoms with van der Waals surface area (Å²) in [5.74, 6) is 2.54. The molecule has 0 aliphatic heterocycles. The summed E-state index contributed by atoms with van der Waals surface area (Å²) >= 11 is 5.42. The number of nitrogen functional groups attached to an aromatic ring is 1. The lowest BCUT2D eigenvalue weighted by molar-refractivity contribution is -0.380. The number of nitro groups is 1. The van der Waals surface area contributed by atoms with Crippen LogP contribution in [-0.2, 0) is 0 Å². The minimum atomic E-state index is -0.444. The molecule has 226 valence electrons. The van der Waals surface area contributed by atoms with E-state index in [4.69, 9.17) is 24.7 Å². The number of fused-ring (bicyclic) bond motifs is 2. The molecule has 0 spiro atoms. The SMILES string of the molecule is COc1cc2nccc(Sc3ncc(N)s3)c2cc1OC.COc1cc2nccc(Sc3ncc([N+](=O)[O-])s3)c2cc1OC. The molecule has 0 amide bonds. The topological polar surface area (TPSA) is 158 Å². The van der Waals surface area contributed by atoms with Crippen molar-refractivity contribution in [3.63, 3.8) is 0 Å². The molecule has 2 aromatic carbocycles. The highest BCUT2D eigenvalue weighted by Crippen LogP contribution is 2.41. The molecule has 0 fully saturated rings. The summed E-state index contributed by atoms with van der Waals surface area (Å²) in [6.45, 7) is 0. The molecule has 0 saturated carbocycles. The molecule has 0 atom stereocenters. The molecule has 4 aromatic heterocycles. The predicted molar refractivity (Wildman–Crippen MR) is 173 cm³/mol. The lowest BCUT2D eigenvalue weighted by Crippen LogP contribution is -1.92. The molecule has 16 heteroatoms. The summed E-state index contributed by atoms with van der Waals surface area (Å²) in [6, 6.07) is 11.2. The maximum absolute atomic E-state index is 10.8. The second-order valence-corrected chi connectivity index (χ2v) is 13.2. The van der Waals surface area contributed by atoms with Gasteiger partial charge < -0.3 is 24.7 Å². The van der Waals surface area contributed by atoms with Crippen LogP contribution >= 0.6 is 46.2 Å². The Balaban J connectivity index is 0.000000175. The van der Waals surface area contributed by atoms with Gasteiger partial charge in [0, 0.05) is 45.1 Å². The molecule has 0 aliphatic carbocycles. The third-order valence-electron chi connectivity index (χ3n) is 5.96. The molecule has 0 radical (unpaired) electrons. The van der Waals surface area contributed by atoms with Gasteiger partial charge in [-0.25, -0.2) is 9.97 Å². The minimum Gasteiger partial charge on any atom is -0.493 e. The van der Waals surface area contributed by atoms with Crippen LogP contribution in [0.1, 0.15) is 0 Å². The standard InChI is InChI=1S/C14H11N3O4S2.C14H13N3O2S2/c1-20-10-5-8-9(6-11(10)21-2)15-4-3-12(8)22-14-16-7-13(23-14)17(18)19;1-18-10-5-8-9(6-11(10)19-2)16-4-3-12(8)20-14-17-7-13(15)21-14/h3-7H,1-2H3;3-7H,15H2,1-2H3. The van der Waals surface area contributed by atoms with E-state index in [0.29, 0.717) is 32.3 Å². The van der Waals surface area contributed by atoms with Crippen LogP contribution in [0.3, 0.4) is 0 Å². The summed E-state index contributed by atoms with van der Waals surface area (Å²) in [6.07, 6.45) is 6.38. The third-order valence-corrected chi connectivity index (χ3v) is 10.0. The van der Waals surface area contributed by atoms with Gasteiger partial charge in [0.25, 0.3) is 0 Å². The van der Waals surface area contributed by atoms with Crippen LogP contribution < -0.4 is 24.7 Å². The van der Waals surface area contributed by atoms with Crippen LogP contribution in [0, 0.1) is 10.1 Å². The first-order valence-electron chi connectivity index (χ1n) is 12.5. The number of rotatable bonds is 9. The van der Waals surface area contributed by atoms with Crippen LogP contribution in [0.15, 0.2) is 79.7 Å². The Morgan fingerprint density at radius 1 is 0.705 bits per heavy atom. The Morgan fingerprint density at radius 3 is 1.57 bits per heavy atom. The molecule has 12 nitrogen and oxygen atoms in total. The van der Waals surface area contributed by atoms with E-state index in [1.165, 1.54) is 29.3 Å². The highest BCUT2D eigenvalue weighted by atomic mass is 32.2. The summed E-state index contributed by atoms with van der Waals surface area (Å²) < 4.78 is 22.8. The van der Waals surface area contributed by atoms with E-state index in [1.807, 2.05) is 30.3 Å². The van der Waals surface area contributed by atoms with E-state index in [-0.39, 0.29) is 5.00 Å². The van der Waals surface area contributed by atoms with E-state index in [9.17, 15) is 10.1 Å². The summed E-state index contributed by atoms with van der Waals surface area (Å²) in [5, 5.41) is 13.3. The number of ether oxygens (including phenoxy) is 4. The number of methoxy groups -OCH3 is 4. The second kappa shape index (κ2) is 13.9. The summed E-state index contributed by atoms with van der Waals surface area (Å²) in [4.78, 5) is 29.3. The molecular weight excluding hydrogens is 645 g/mol. The molecular formula is C28H24N6O6S4. The normalized spacial score (nSPS) is 10.7. The maximum Gasteiger partial charge on any atom is 0.344 e. The predicted octanol–water partition coefficient (Wildman–Crippen LogP) is 7.21. The van der Waals surface area contributed by atoms with E-state index in [2.05, 4.69) is 19.9 Å². The van der Waals surface area contributed by atoms with Crippen LogP contribution in [0.2, 0.25) is 0 Å². The van der Waals surface area contributed by atoms with Gasteiger partial charge in [0.15, 0.2) is 31.7 Å². The number of nitrogens with zero attached hydrogens (tertiary/aromatic N) is 5. The number of hydrogen-bond acceptors (Lipinski definition) is 15. The quantitative estimate of drug-likeness (QED) is 0.122. The van der Waals surface area contributed by atoms with E-state index >= 15 is 0 Å². The first-order chi connectivity index (χ1) is 21.3. The van der Waals surface area contributed by atoms with Gasteiger partial charge in [-0.05, 0) is 35.6 Å². The highest BCUT2D eigenvalue weighted by molar-refractivity contribution is 8.01. The molecule has 0 aliphatic rings. The molecule has 2 N–H and O–H groups in total. The van der Waals surface area contributed by atoms with Crippen LogP contribution in [0.4, 0.5) is 10.0 Å². The third kappa shape index (κ3) is 6.88. The Labute approximate surface area is 267 Å². The zero-order valence-electron chi connectivity index (χ0n) is 23.7. The molecule has 6 aromatic rings. The van der Waals surface area contributed by atoms with Gasteiger partial charge >= 0.3 is 5.00 Å². The Kier molecular flexibility index (Phi) is 9.84. The van der Waals surface area contributed by atoms with Gasteiger partial charge in [0.1, 0.15) is 11.2 Å². The Bertz CT molecular complexity index is 1950. The first kappa shape index (κ1) is 31.1. The molecule has 0 saturated heterocycles. The van der Waals surface area contributed by atoms with Crippen molar-refractivity contribution in [1.29, 1.82) is 0 Å². The molecule has 0 bridgehead atoms. The first-order valence-corrected chi connectivity index (χ1v) is 15.8. The molecule has 0 unspecified atom stereocenters. The number of thiazole rings is 2. The van der Waals surface area contributed by atoms with Gasteiger partial charge in [-0.2, -0.15) is 0 Å². The zero-order valence-corrected chi connectivity index (χ0v) is 26.9. The van der Waals surface area contributed by atoms with Crippen molar-refractivity contribution in [1.82, 2.24) is 19.9 Å². The number of pyridine rings is 2. The van der Waals surface area contributed by atoms with Crippen molar-refractivity contribution in [3.05, 3.63) is 71.3 Å². The van der Waals surface area contributed by atoms with E-state index in [1.54, 1.807) is 64.9 Å². The summed E-state index contributed by atoms with van der Waals surface area (Å²) in [5.41, 5.74) is 7.32. The average Bonchev–Trinajstić information content (AvgIpc) is 3.69. The Morgan fingerprint density at radius 2 is 1.16 bits per heavy atom. The van der Waals surface area contributed by atoms with Gasteiger partial charge in [0.05, 0.1) is 50.6 Å². The van der Waals surface area contributed by atoms with Crippen molar-refractivity contribution < 1.29 is 23.9 Å². The molecule has 44 heavy (non-hydrogen) atoms. The lowest BCUT2D eigenvalue weighted by Gasteiger charge is -2.10. The van der Waals surface area contributed by atoms with Crippen molar-refractivity contribution in [2.24, 2.45) is 0 Å². The fraction of sp³-hybridized carbons (Fsp3) is 0.143. The fourth-order valence-electron chi connectivity index (χ4n) is 3.96. The smallest absolute Gasteiger partial charge is 0.344 e. The van der Waals surface area contributed by atoms with E-state index in [0.717, 1.165) is 47.3 Å². The zero-order chi connectivity index (χ0) is 31.2. The molecule has 6 rings (SSSR count). The van der Waals surface area contributed by atoms with Crippen molar-refractivity contribution in [2.45, 2.75) is 18.5 Å². The average molecular weight is 669 g/mol. The van der Waals surface area contributed by atoms with Gasteiger partial charge in [-0.15, -0.1) is 0 Å². The maximum atomic E-state index is 10.8. The van der Waals surface area contributed by atoms with Crippen LogP contribution in [-0.4, -0.2) is 53.3 Å². The van der Waals surface area contributed by atoms with Crippen molar-refractivity contribution in [3.8, 4) is 23.0 Å². The summed E-state index contributed by atoms with van der Waals surface area (Å²) in [7, 11) is 6.36. The number of aromatic nitrogens is 4. The number of anilines is 1. The van der Waals surface area contributed by atoms with Crippen molar-refractivity contribution >= 4 is 78.0 Å². The van der Waals surface area contributed by atoms with Gasteiger partial charge in [-0.1, -0.05) is 34.9 Å². The second-order valence-electron chi connectivity index (χ2n) is 8.52. The number of nitrogens with two attached hydrogens (primary N) is 1. The van der Waals surface area contributed by atoms with E-state index < -0.39 is 4.92 Å². The minimum absolute atomic E-state index is 0.0186. The monoisotopic (exact) mass is 668 g/mol. The molecule has 4 heterocycles. The van der Waals surface area contributed by atoms with Crippen molar-refractivity contribution in [2.75, 3.05) is 34.2 Å². The van der Waals surface area contributed by atoms with Gasteiger partial charge in [-0.3, -0.25) is 20.1 Å². The number of benzene rings is 2. The lowest BCUT2D eigenvalue weighted by atomic mass is 10.2. The largest absolute Gasteiger partial charge is 0.493 e. The van der Waals surface area contributed by atoms with Crippen LogP contribution in [0.25, 0.3) is 21.8 Å². The Hall–Kier alpha value is -4.38.